The summed E-state index contributed by atoms with van der Waals surface area (Å²) in [6.07, 6.45) is 3.65. The predicted octanol–water partition coefficient (Wildman–Crippen LogP) is 2.39. The van der Waals surface area contributed by atoms with Crippen molar-refractivity contribution in [3.05, 3.63) is 58.3 Å². The fourth-order valence-corrected chi connectivity index (χ4v) is 2.99. The van der Waals surface area contributed by atoms with Crippen molar-refractivity contribution in [2.75, 3.05) is 6.79 Å². The first-order valence-corrected chi connectivity index (χ1v) is 8.65. The SMILES string of the molecule is O=C(Cn1cccc(-c2nc(C3CC3)no2)c1=O)c1ccc2c(c1)OCO2. The van der Waals surface area contributed by atoms with E-state index in [0.717, 1.165) is 12.8 Å². The van der Waals surface area contributed by atoms with Gasteiger partial charge in [-0.3, -0.25) is 9.59 Å². The van der Waals surface area contributed by atoms with E-state index in [9.17, 15) is 9.59 Å². The summed E-state index contributed by atoms with van der Waals surface area (Å²) in [5, 5.41) is 3.94. The van der Waals surface area contributed by atoms with Crippen molar-refractivity contribution in [2.24, 2.45) is 0 Å². The summed E-state index contributed by atoms with van der Waals surface area (Å²) in [5.74, 6) is 2.08. The van der Waals surface area contributed by atoms with Crippen LogP contribution < -0.4 is 15.0 Å². The minimum Gasteiger partial charge on any atom is -0.454 e. The van der Waals surface area contributed by atoms with Gasteiger partial charge in [-0.1, -0.05) is 5.16 Å². The first kappa shape index (κ1) is 15.8. The fraction of sp³-hybridized carbons (Fsp3) is 0.263. The number of carbonyl (C=O) groups excluding carboxylic acids is 1. The number of Topliss-reactive ketones (excluding diaryl/α,β-unsaturated/α-hetero) is 1. The second kappa shape index (κ2) is 6.08. The molecule has 0 unspecified atom stereocenters. The molecule has 0 atom stereocenters. The van der Waals surface area contributed by atoms with Crippen LogP contribution in [0.5, 0.6) is 11.5 Å². The Kier molecular flexibility index (Phi) is 3.56. The monoisotopic (exact) mass is 365 g/mol. The topological polar surface area (TPSA) is 96.5 Å². The van der Waals surface area contributed by atoms with Crippen LogP contribution in [0.3, 0.4) is 0 Å². The summed E-state index contributed by atoms with van der Waals surface area (Å²) in [6, 6.07) is 8.27. The van der Waals surface area contributed by atoms with Gasteiger partial charge in [0.15, 0.2) is 23.1 Å². The van der Waals surface area contributed by atoms with Crippen molar-refractivity contribution >= 4 is 5.78 Å². The molecule has 2 aliphatic rings. The van der Waals surface area contributed by atoms with E-state index in [1.54, 1.807) is 36.5 Å². The Bertz CT molecular complexity index is 1100. The fourth-order valence-electron chi connectivity index (χ4n) is 2.99. The van der Waals surface area contributed by atoms with E-state index in [1.807, 2.05) is 0 Å². The summed E-state index contributed by atoms with van der Waals surface area (Å²) < 4.78 is 17.1. The van der Waals surface area contributed by atoms with Crippen molar-refractivity contribution in [2.45, 2.75) is 25.3 Å². The summed E-state index contributed by atoms with van der Waals surface area (Å²) in [6.45, 7) is 0.0391. The first-order chi connectivity index (χ1) is 13.2. The maximum Gasteiger partial charge on any atom is 0.263 e. The predicted molar refractivity (Wildman–Crippen MR) is 92.9 cm³/mol. The lowest BCUT2D eigenvalue weighted by atomic mass is 10.1. The Hall–Kier alpha value is -3.42. The lowest BCUT2D eigenvalue weighted by Crippen LogP contribution is -2.25. The third-order valence-electron chi connectivity index (χ3n) is 4.64. The molecule has 1 aliphatic heterocycles. The molecule has 2 aromatic heterocycles. The van der Waals surface area contributed by atoms with Gasteiger partial charge >= 0.3 is 0 Å². The molecule has 0 amide bonds. The number of pyridine rings is 1. The number of carbonyl (C=O) groups is 1. The minimum absolute atomic E-state index is 0.101. The minimum atomic E-state index is -0.349. The molecule has 0 N–H and O–H groups in total. The van der Waals surface area contributed by atoms with E-state index in [0.29, 0.717) is 28.8 Å². The van der Waals surface area contributed by atoms with Gasteiger partial charge in [-0.05, 0) is 43.2 Å². The summed E-state index contributed by atoms with van der Waals surface area (Å²) >= 11 is 0. The zero-order valence-electron chi connectivity index (χ0n) is 14.3. The number of hydrogen-bond acceptors (Lipinski definition) is 7. The molecule has 1 fully saturated rings. The number of fused-ring (bicyclic) bond motifs is 1. The summed E-state index contributed by atoms with van der Waals surface area (Å²) in [7, 11) is 0. The van der Waals surface area contributed by atoms with E-state index in [2.05, 4.69) is 10.1 Å². The smallest absolute Gasteiger partial charge is 0.263 e. The van der Waals surface area contributed by atoms with Crippen LogP contribution >= 0.6 is 0 Å². The molecule has 1 saturated carbocycles. The van der Waals surface area contributed by atoms with Crippen LogP contribution in [0.25, 0.3) is 11.5 Å². The molecule has 1 aromatic carbocycles. The zero-order chi connectivity index (χ0) is 18.4. The molecule has 3 heterocycles. The molecule has 0 spiro atoms. The van der Waals surface area contributed by atoms with Crippen LogP contribution in [0.2, 0.25) is 0 Å². The molecule has 8 nitrogen and oxygen atoms in total. The van der Waals surface area contributed by atoms with Crippen LogP contribution in [-0.2, 0) is 6.54 Å². The molecule has 8 heteroatoms. The molecular formula is C19H15N3O5. The lowest BCUT2D eigenvalue weighted by molar-refractivity contribution is 0.0970. The Morgan fingerprint density at radius 3 is 2.89 bits per heavy atom. The molecule has 1 aliphatic carbocycles. The summed E-state index contributed by atoms with van der Waals surface area (Å²) in [5.41, 5.74) is 0.387. The Balaban J connectivity index is 1.41. The highest BCUT2D eigenvalue weighted by Crippen LogP contribution is 2.38. The van der Waals surface area contributed by atoms with Crippen molar-refractivity contribution in [3.8, 4) is 23.0 Å². The zero-order valence-corrected chi connectivity index (χ0v) is 14.3. The molecule has 27 heavy (non-hydrogen) atoms. The van der Waals surface area contributed by atoms with Crippen molar-refractivity contribution in [3.63, 3.8) is 0 Å². The van der Waals surface area contributed by atoms with E-state index >= 15 is 0 Å². The molecule has 0 bridgehead atoms. The van der Waals surface area contributed by atoms with E-state index < -0.39 is 0 Å². The Morgan fingerprint density at radius 1 is 1.19 bits per heavy atom. The number of nitrogens with zero attached hydrogens (tertiary/aromatic N) is 3. The normalized spacial score (nSPS) is 15.1. The maximum atomic E-state index is 12.8. The highest BCUT2D eigenvalue weighted by atomic mass is 16.7. The molecule has 0 radical (unpaired) electrons. The van der Waals surface area contributed by atoms with E-state index in [-0.39, 0.29) is 36.1 Å². The van der Waals surface area contributed by atoms with Crippen molar-refractivity contribution in [1.82, 2.24) is 14.7 Å². The van der Waals surface area contributed by atoms with E-state index in [1.165, 1.54) is 4.57 Å². The van der Waals surface area contributed by atoms with E-state index in [4.69, 9.17) is 14.0 Å². The molecule has 0 saturated heterocycles. The van der Waals surface area contributed by atoms with Gasteiger partial charge in [0.2, 0.25) is 6.79 Å². The average molecular weight is 365 g/mol. The molecule has 136 valence electrons. The standard InChI is InChI=1S/C19H15N3O5/c23-14(12-5-6-15-16(8-12)26-10-25-15)9-22-7-1-2-13(19(22)24)18-20-17(21-27-18)11-3-4-11/h1-2,5-8,11H,3-4,9-10H2. The highest BCUT2D eigenvalue weighted by Gasteiger charge is 2.29. The number of ketones is 1. The van der Waals surface area contributed by atoms with Gasteiger partial charge in [0, 0.05) is 17.7 Å². The van der Waals surface area contributed by atoms with Gasteiger partial charge in [0.25, 0.3) is 11.4 Å². The third-order valence-corrected chi connectivity index (χ3v) is 4.64. The second-order valence-electron chi connectivity index (χ2n) is 6.58. The van der Waals surface area contributed by atoms with Crippen LogP contribution in [-0.4, -0.2) is 27.3 Å². The Labute approximate surface area is 153 Å². The highest BCUT2D eigenvalue weighted by molar-refractivity contribution is 5.96. The van der Waals surface area contributed by atoms with Crippen molar-refractivity contribution < 1.29 is 18.8 Å². The molecule has 3 aromatic rings. The third kappa shape index (κ3) is 2.88. The van der Waals surface area contributed by atoms with Gasteiger partial charge in [-0.15, -0.1) is 0 Å². The molecule has 5 rings (SSSR count). The van der Waals surface area contributed by atoms with Gasteiger partial charge in [-0.2, -0.15) is 4.98 Å². The largest absolute Gasteiger partial charge is 0.454 e. The van der Waals surface area contributed by atoms with Crippen LogP contribution in [0, 0.1) is 0 Å². The number of rotatable bonds is 5. The number of hydrogen-bond donors (Lipinski definition) is 0. The van der Waals surface area contributed by atoms with Gasteiger partial charge in [0.1, 0.15) is 5.56 Å². The maximum absolute atomic E-state index is 12.8. The van der Waals surface area contributed by atoms with Gasteiger partial charge in [-0.25, -0.2) is 0 Å². The van der Waals surface area contributed by atoms with Gasteiger partial charge < -0.3 is 18.6 Å². The van der Waals surface area contributed by atoms with Crippen LogP contribution in [0.4, 0.5) is 0 Å². The van der Waals surface area contributed by atoms with Crippen LogP contribution in [0.15, 0.2) is 45.8 Å². The lowest BCUT2D eigenvalue weighted by Gasteiger charge is -2.07. The van der Waals surface area contributed by atoms with Crippen molar-refractivity contribution in [1.29, 1.82) is 0 Å². The quantitative estimate of drug-likeness (QED) is 0.641. The van der Waals surface area contributed by atoms with Gasteiger partial charge in [0.05, 0.1) is 6.54 Å². The molecular weight excluding hydrogens is 350 g/mol. The Morgan fingerprint density at radius 2 is 2.04 bits per heavy atom. The second-order valence-corrected chi connectivity index (χ2v) is 6.58. The number of ether oxygens (including phenoxy) is 2. The average Bonchev–Trinajstić information content (AvgIpc) is 3.22. The first-order valence-electron chi connectivity index (χ1n) is 8.65. The number of aromatic nitrogens is 3. The van der Waals surface area contributed by atoms with Crippen LogP contribution in [0.1, 0.15) is 34.9 Å². The number of benzene rings is 1. The summed E-state index contributed by atoms with van der Waals surface area (Å²) in [4.78, 5) is 29.7.